The van der Waals surface area contributed by atoms with Crippen LogP contribution in [0.2, 0.25) is 0 Å². The van der Waals surface area contributed by atoms with Crippen molar-refractivity contribution in [3.8, 4) is 0 Å². The first-order valence-corrected chi connectivity index (χ1v) is 7.23. The van der Waals surface area contributed by atoms with E-state index in [-0.39, 0.29) is 11.3 Å². The lowest BCUT2D eigenvalue weighted by Crippen LogP contribution is -2.05. The largest absolute Gasteiger partial charge is 0.478 e. The Morgan fingerprint density at radius 2 is 2.10 bits per heavy atom. The summed E-state index contributed by atoms with van der Waals surface area (Å²) in [5, 5.41) is 9.55. The lowest BCUT2D eigenvalue weighted by Gasteiger charge is -2.05. The number of methoxy groups -OCH3 is 1. The number of carboxylic acids is 1. The van der Waals surface area contributed by atoms with E-state index in [0.29, 0.717) is 14.4 Å². The molecule has 1 aromatic heterocycles. The van der Waals surface area contributed by atoms with Gasteiger partial charge >= 0.3 is 11.9 Å². The molecule has 0 bridgehead atoms. The van der Waals surface area contributed by atoms with Crippen LogP contribution in [0.3, 0.4) is 0 Å². The van der Waals surface area contributed by atoms with Gasteiger partial charge in [-0.2, -0.15) is 0 Å². The van der Waals surface area contributed by atoms with Gasteiger partial charge in [0.15, 0.2) is 5.69 Å². The first-order valence-electron chi connectivity index (χ1n) is 5.62. The molecular weight excluding hydrogens is 360 g/mol. The molecule has 0 saturated heterocycles. The van der Waals surface area contributed by atoms with Crippen LogP contribution in [-0.4, -0.2) is 34.1 Å². The maximum atomic E-state index is 11.4. The highest BCUT2D eigenvalue weighted by molar-refractivity contribution is 9.10. The first kappa shape index (κ1) is 15.5. The van der Waals surface area contributed by atoms with Crippen molar-refractivity contribution in [2.75, 3.05) is 7.11 Å². The number of halogens is 1. The van der Waals surface area contributed by atoms with Crippen molar-refractivity contribution in [2.45, 2.75) is 9.92 Å². The van der Waals surface area contributed by atoms with Crippen molar-refractivity contribution in [3.63, 3.8) is 0 Å². The number of aromatic nitrogens is 2. The van der Waals surface area contributed by atoms with Crippen LogP contribution in [0.15, 0.2) is 45.0 Å². The molecule has 1 aromatic carbocycles. The molecule has 0 atom stereocenters. The minimum absolute atomic E-state index is 0.0954. The SMILES string of the molecule is COC(=O)c1cncc(Sc2ccc(Br)c(C(=O)O)c2)n1. The van der Waals surface area contributed by atoms with Crippen LogP contribution in [0.5, 0.6) is 0 Å². The number of aromatic carboxylic acids is 1. The Kier molecular flexibility index (Phi) is 4.92. The van der Waals surface area contributed by atoms with Gasteiger partial charge in [0, 0.05) is 9.37 Å². The Morgan fingerprint density at radius 3 is 2.76 bits per heavy atom. The second-order valence-electron chi connectivity index (χ2n) is 3.78. The average molecular weight is 369 g/mol. The lowest BCUT2D eigenvalue weighted by molar-refractivity contribution is 0.0591. The first-order chi connectivity index (χ1) is 10.0. The highest BCUT2D eigenvalue weighted by atomic mass is 79.9. The Labute approximate surface area is 132 Å². The van der Waals surface area contributed by atoms with Gasteiger partial charge in [0.2, 0.25) is 0 Å². The Balaban J connectivity index is 2.28. The molecule has 0 saturated carbocycles. The zero-order valence-electron chi connectivity index (χ0n) is 10.7. The molecule has 21 heavy (non-hydrogen) atoms. The fraction of sp³-hybridized carbons (Fsp3) is 0.0769. The van der Waals surface area contributed by atoms with Crippen LogP contribution >= 0.6 is 27.7 Å². The third-order valence-electron chi connectivity index (χ3n) is 2.40. The van der Waals surface area contributed by atoms with E-state index in [4.69, 9.17) is 5.11 Å². The topological polar surface area (TPSA) is 89.4 Å². The molecule has 2 rings (SSSR count). The standard InChI is InChI=1S/C13H9BrN2O4S/c1-20-13(19)10-5-15-6-11(16-10)21-7-2-3-9(14)8(4-7)12(17)18/h2-6H,1H3,(H,17,18). The average Bonchev–Trinajstić information content (AvgIpc) is 2.48. The van der Waals surface area contributed by atoms with E-state index >= 15 is 0 Å². The van der Waals surface area contributed by atoms with Crippen LogP contribution < -0.4 is 0 Å². The monoisotopic (exact) mass is 368 g/mol. The fourth-order valence-electron chi connectivity index (χ4n) is 1.45. The molecule has 2 aromatic rings. The smallest absolute Gasteiger partial charge is 0.358 e. The maximum absolute atomic E-state index is 11.4. The predicted octanol–water partition coefficient (Wildman–Crippen LogP) is 2.88. The summed E-state index contributed by atoms with van der Waals surface area (Å²) >= 11 is 4.38. The van der Waals surface area contributed by atoms with Crippen molar-refractivity contribution < 1.29 is 19.4 Å². The molecule has 0 unspecified atom stereocenters. The third kappa shape index (κ3) is 3.79. The number of carboxylic acid groups (broad SMARTS) is 1. The Hall–Kier alpha value is -1.93. The van der Waals surface area contributed by atoms with Gasteiger partial charge in [-0.15, -0.1) is 0 Å². The number of benzene rings is 1. The molecule has 0 aliphatic carbocycles. The van der Waals surface area contributed by atoms with Gasteiger partial charge in [-0.1, -0.05) is 11.8 Å². The maximum Gasteiger partial charge on any atom is 0.358 e. The predicted molar refractivity (Wildman–Crippen MR) is 78.6 cm³/mol. The molecule has 0 spiro atoms. The molecule has 0 radical (unpaired) electrons. The van der Waals surface area contributed by atoms with E-state index in [2.05, 4.69) is 30.6 Å². The molecule has 0 aliphatic heterocycles. The van der Waals surface area contributed by atoms with Gasteiger partial charge in [-0.05, 0) is 34.1 Å². The lowest BCUT2D eigenvalue weighted by atomic mass is 10.2. The van der Waals surface area contributed by atoms with Crippen LogP contribution in [0, 0.1) is 0 Å². The van der Waals surface area contributed by atoms with Gasteiger partial charge in [-0.25, -0.2) is 14.6 Å². The van der Waals surface area contributed by atoms with E-state index in [1.54, 1.807) is 12.1 Å². The van der Waals surface area contributed by atoms with Crippen molar-refractivity contribution in [2.24, 2.45) is 0 Å². The molecule has 108 valence electrons. The molecule has 8 heteroatoms. The summed E-state index contributed by atoms with van der Waals surface area (Å²) in [6.07, 6.45) is 2.79. The normalized spacial score (nSPS) is 10.2. The Bertz CT molecular complexity index is 708. The molecule has 0 aliphatic rings. The van der Waals surface area contributed by atoms with Crippen LogP contribution in [0.4, 0.5) is 0 Å². The molecule has 0 fully saturated rings. The molecule has 6 nitrogen and oxygen atoms in total. The minimum atomic E-state index is -1.03. The highest BCUT2D eigenvalue weighted by Crippen LogP contribution is 2.29. The number of carbonyl (C=O) groups is 2. The summed E-state index contributed by atoms with van der Waals surface area (Å²) < 4.78 is 5.07. The number of hydrogen-bond acceptors (Lipinski definition) is 6. The summed E-state index contributed by atoms with van der Waals surface area (Å²) in [5.41, 5.74) is 0.246. The quantitative estimate of drug-likeness (QED) is 0.829. The number of carbonyl (C=O) groups excluding carboxylic acids is 1. The third-order valence-corrected chi connectivity index (χ3v) is 3.98. The van der Waals surface area contributed by atoms with Crippen molar-refractivity contribution >= 4 is 39.6 Å². The van der Waals surface area contributed by atoms with Crippen molar-refractivity contribution in [1.82, 2.24) is 9.97 Å². The number of ether oxygens (including phenoxy) is 1. The molecule has 0 amide bonds. The second kappa shape index (κ2) is 6.68. The second-order valence-corrected chi connectivity index (χ2v) is 5.73. The van der Waals surface area contributed by atoms with Gasteiger partial charge < -0.3 is 9.84 Å². The Morgan fingerprint density at radius 1 is 1.33 bits per heavy atom. The summed E-state index contributed by atoms with van der Waals surface area (Å²) in [5.74, 6) is -1.61. The van der Waals surface area contributed by atoms with Crippen LogP contribution in [0.25, 0.3) is 0 Å². The van der Waals surface area contributed by atoms with Gasteiger partial charge in [0.05, 0.1) is 25.1 Å². The summed E-state index contributed by atoms with van der Waals surface area (Å²) in [6, 6.07) is 4.90. The fourth-order valence-corrected chi connectivity index (χ4v) is 2.68. The molecule has 1 N–H and O–H groups in total. The molecule has 1 heterocycles. The van der Waals surface area contributed by atoms with Crippen LogP contribution in [0.1, 0.15) is 20.8 Å². The van der Waals surface area contributed by atoms with Gasteiger partial charge in [0.1, 0.15) is 5.03 Å². The minimum Gasteiger partial charge on any atom is -0.478 e. The van der Waals surface area contributed by atoms with Crippen molar-refractivity contribution in [1.29, 1.82) is 0 Å². The summed E-state index contributed by atoms with van der Waals surface area (Å²) in [4.78, 5) is 31.2. The van der Waals surface area contributed by atoms with Crippen LogP contribution in [-0.2, 0) is 4.74 Å². The number of hydrogen-bond donors (Lipinski definition) is 1. The van der Waals surface area contributed by atoms with E-state index < -0.39 is 11.9 Å². The summed E-state index contributed by atoms with van der Waals surface area (Å²) in [7, 11) is 1.26. The number of rotatable bonds is 4. The highest BCUT2D eigenvalue weighted by Gasteiger charge is 2.12. The van der Waals surface area contributed by atoms with E-state index in [9.17, 15) is 9.59 Å². The van der Waals surface area contributed by atoms with E-state index in [1.165, 1.54) is 37.3 Å². The zero-order chi connectivity index (χ0) is 15.4. The summed E-state index contributed by atoms with van der Waals surface area (Å²) in [6.45, 7) is 0. The molecular formula is C13H9BrN2O4S. The number of nitrogens with zero attached hydrogens (tertiary/aromatic N) is 2. The van der Waals surface area contributed by atoms with Gasteiger partial charge in [0.25, 0.3) is 0 Å². The van der Waals surface area contributed by atoms with Crippen molar-refractivity contribution in [3.05, 3.63) is 46.3 Å². The van der Waals surface area contributed by atoms with Gasteiger partial charge in [-0.3, -0.25) is 4.98 Å². The zero-order valence-corrected chi connectivity index (χ0v) is 13.1. The van der Waals surface area contributed by atoms with E-state index in [0.717, 1.165) is 0 Å². The van der Waals surface area contributed by atoms with E-state index in [1.807, 2.05) is 0 Å². The number of esters is 1.